The fraction of sp³-hybridized carbons (Fsp3) is 0.107. The molecule has 4 aromatic carbocycles. The molecule has 154 valence electrons. The van der Waals surface area contributed by atoms with Crippen molar-refractivity contribution >= 4 is 94.5 Å². The molecule has 4 heteroatoms. The number of hydrogen-bond acceptors (Lipinski definition) is 4. The molecule has 0 saturated heterocycles. The highest BCUT2D eigenvalue weighted by atomic mass is 32.1. The number of hydrogen-bond donors (Lipinski definition) is 0. The third-order valence-electron chi connectivity index (χ3n) is 6.42. The molecule has 3 aromatic heterocycles. The van der Waals surface area contributed by atoms with Crippen molar-refractivity contribution < 1.29 is 0 Å². The molecule has 0 amide bonds. The number of fused-ring (bicyclic) bond motifs is 11. The van der Waals surface area contributed by atoms with E-state index in [9.17, 15) is 4.79 Å². The van der Waals surface area contributed by atoms with Gasteiger partial charge in [0.2, 0.25) is 5.43 Å². The molecule has 0 aliphatic carbocycles. The quantitative estimate of drug-likeness (QED) is 0.218. The van der Waals surface area contributed by atoms with Gasteiger partial charge in [-0.25, -0.2) is 0 Å². The molecule has 1 nitrogen and oxygen atoms in total. The van der Waals surface area contributed by atoms with E-state index in [1.165, 1.54) is 51.6 Å². The van der Waals surface area contributed by atoms with Gasteiger partial charge >= 0.3 is 0 Å². The Kier molecular flexibility index (Phi) is 3.74. The normalized spacial score (nSPS) is 12.3. The summed E-state index contributed by atoms with van der Waals surface area (Å²) in [7, 11) is 0. The van der Waals surface area contributed by atoms with E-state index in [2.05, 4.69) is 75.4 Å². The fourth-order valence-corrected chi connectivity index (χ4v) is 8.70. The molecule has 0 radical (unpaired) electrons. The van der Waals surface area contributed by atoms with Gasteiger partial charge in [-0.3, -0.25) is 4.79 Å². The van der Waals surface area contributed by atoms with Crippen molar-refractivity contribution in [3.8, 4) is 0 Å². The highest BCUT2D eigenvalue weighted by Gasteiger charge is 2.21. The van der Waals surface area contributed by atoms with E-state index in [1.807, 2.05) is 11.3 Å². The molecule has 0 aliphatic heterocycles. The molecule has 0 bridgehead atoms. The minimum atomic E-state index is 0.176. The number of thiophene rings is 3. The largest absolute Gasteiger partial charge is 0.288 e. The number of aryl methyl sites for hydroxylation is 3. The number of benzene rings is 3. The van der Waals surface area contributed by atoms with Crippen LogP contribution in [-0.2, 0) is 0 Å². The molecular weight excluding hydrogens is 449 g/mol. The lowest BCUT2D eigenvalue weighted by Gasteiger charge is -1.95. The van der Waals surface area contributed by atoms with Crippen LogP contribution in [0.3, 0.4) is 0 Å². The van der Waals surface area contributed by atoms with E-state index in [1.54, 1.807) is 22.7 Å². The molecule has 0 N–H and O–H groups in total. The zero-order valence-electron chi connectivity index (χ0n) is 17.8. The van der Waals surface area contributed by atoms with Crippen molar-refractivity contribution in [2.24, 2.45) is 0 Å². The van der Waals surface area contributed by atoms with Gasteiger partial charge in [-0.05, 0) is 57.2 Å². The maximum atomic E-state index is 14.2. The lowest BCUT2D eigenvalue weighted by atomic mass is 10.1. The zero-order valence-corrected chi connectivity index (χ0v) is 20.3. The minimum absolute atomic E-state index is 0.176. The molecular formula is C28H18OS3. The van der Waals surface area contributed by atoms with Crippen molar-refractivity contribution in [2.45, 2.75) is 20.8 Å². The molecule has 32 heavy (non-hydrogen) atoms. The Bertz CT molecular complexity index is 1980. The van der Waals surface area contributed by atoms with Crippen molar-refractivity contribution in [3.63, 3.8) is 0 Å². The van der Waals surface area contributed by atoms with Crippen LogP contribution in [0.1, 0.15) is 16.7 Å². The first-order chi connectivity index (χ1) is 15.5. The van der Waals surface area contributed by atoms with Crippen molar-refractivity contribution in [1.82, 2.24) is 0 Å². The first kappa shape index (κ1) is 18.8. The standard InChI is InChI=1S/C28H18OS3/c1-13-4-7-19-16(10-13)22-25(29)28-24(18-12-15(3)6-9-21(18)32-28)27-23(26(22)30-19)17-11-14(2)5-8-20(17)31-27/h4-12H,1-3H3. The lowest BCUT2D eigenvalue weighted by Crippen LogP contribution is -1.95. The Morgan fingerprint density at radius 3 is 1.38 bits per heavy atom. The van der Waals surface area contributed by atoms with Crippen LogP contribution < -0.4 is 5.43 Å². The maximum Gasteiger partial charge on any atom is 0.205 e. The predicted octanol–water partition coefficient (Wildman–Crippen LogP) is 9.08. The highest BCUT2D eigenvalue weighted by Crippen LogP contribution is 2.48. The van der Waals surface area contributed by atoms with Crippen molar-refractivity contribution in [3.05, 3.63) is 81.5 Å². The molecule has 0 fully saturated rings. The summed E-state index contributed by atoms with van der Waals surface area (Å²) in [6.45, 7) is 6.38. The first-order valence-corrected chi connectivity index (χ1v) is 13.1. The van der Waals surface area contributed by atoms with E-state index in [-0.39, 0.29) is 5.43 Å². The monoisotopic (exact) mass is 466 g/mol. The molecule has 0 unspecified atom stereocenters. The summed E-state index contributed by atoms with van der Waals surface area (Å²) in [6, 6.07) is 19.8. The second kappa shape index (κ2) is 6.38. The third-order valence-corrected chi connectivity index (χ3v) is 9.96. The van der Waals surface area contributed by atoms with Crippen LogP contribution >= 0.6 is 34.0 Å². The maximum absolute atomic E-state index is 14.2. The highest BCUT2D eigenvalue weighted by molar-refractivity contribution is 7.32. The summed E-state index contributed by atoms with van der Waals surface area (Å²) < 4.78 is 6.92. The molecule has 3 heterocycles. The SMILES string of the molecule is Cc1ccc2sc3c(c(=O)c4sc5ccc(C)cc5c4c4sc5ccc(C)cc5c34)c2c1. The Labute approximate surface area is 196 Å². The Hall–Kier alpha value is -2.79. The number of rotatable bonds is 0. The van der Waals surface area contributed by atoms with Crippen LogP contribution in [0, 0.1) is 20.8 Å². The lowest BCUT2D eigenvalue weighted by molar-refractivity contribution is 1.52. The summed E-state index contributed by atoms with van der Waals surface area (Å²) in [5.41, 5.74) is 3.84. The van der Waals surface area contributed by atoms with Crippen LogP contribution in [0.4, 0.5) is 0 Å². The second-order valence-corrected chi connectivity index (χ2v) is 11.9. The van der Waals surface area contributed by atoms with Gasteiger partial charge in [-0.2, -0.15) is 0 Å². The van der Waals surface area contributed by atoms with E-state index in [4.69, 9.17) is 0 Å². The topological polar surface area (TPSA) is 17.1 Å². The summed E-state index contributed by atoms with van der Waals surface area (Å²) in [6.07, 6.45) is 0. The van der Waals surface area contributed by atoms with Crippen molar-refractivity contribution in [2.75, 3.05) is 0 Å². The van der Waals surface area contributed by atoms with Gasteiger partial charge in [0.1, 0.15) is 0 Å². The molecule has 0 saturated carbocycles. The fourth-order valence-electron chi connectivity index (χ4n) is 4.94. The summed E-state index contributed by atoms with van der Waals surface area (Å²) in [4.78, 5) is 14.2. The van der Waals surface area contributed by atoms with Crippen LogP contribution in [0.25, 0.3) is 60.5 Å². The Morgan fingerprint density at radius 1 is 0.500 bits per heavy atom. The summed E-state index contributed by atoms with van der Waals surface area (Å²) >= 11 is 5.24. The Morgan fingerprint density at radius 2 is 0.875 bits per heavy atom. The molecule has 0 aliphatic rings. The summed E-state index contributed by atoms with van der Waals surface area (Å²) in [5.74, 6) is 0. The summed E-state index contributed by atoms with van der Waals surface area (Å²) in [5, 5.41) is 6.83. The van der Waals surface area contributed by atoms with Gasteiger partial charge in [0.15, 0.2) is 0 Å². The van der Waals surface area contributed by atoms with Crippen LogP contribution in [0.5, 0.6) is 0 Å². The average molecular weight is 467 g/mol. The van der Waals surface area contributed by atoms with E-state index >= 15 is 0 Å². The smallest absolute Gasteiger partial charge is 0.205 e. The van der Waals surface area contributed by atoms with Gasteiger partial charge in [0, 0.05) is 55.8 Å². The zero-order chi connectivity index (χ0) is 21.7. The van der Waals surface area contributed by atoms with Gasteiger partial charge < -0.3 is 0 Å². The average Bonchev–Trinajstić information content (AvgIpc) is 3.41. The van der Waals surface area contributed by atoms with E-state index < -0.39 is 0 Å². The Balaban J connectivity index is 1.93. The van der Waals surface area contributed by atoms with E-state index in [0.717, 1.165) is 25.6 Å². The van der Waals surface area contributed by atoms with Crippen LogP contribution in [0.2, 0.25) is 0 Å². The third kappa shape index (κ3) is 2.40. The molecule has 0 spiro atoms. The van der Waals surface area contributed by atoms with Crippen LogP contribution in [-0.4, -0.2) is 0 Å². The van der Waals surface area contributed by atoms with Gasteiger partial charge in [-0.15, -0.1) is 34.0 Å². The van der Waals surface area contributed by atoms with Crippen LogP contribution in [0.15, 0.2) is 59.4 Å². The van der Waals surface area contributed by atoms with Gasteiger partial charge in [0.05, 0.1) is 4.70 Å². The molecule has 7 rings (SSSR count). The first-order valence-electron chi connectivity index (χ1n) is 10.6. The van der Waals surface area contributed by atoms with Crippen molar-refractivity contribution in [1.29, 1.82) is 0 Å². The minimum Gasteiger partial charge on any atom is -0.288 e. The molecule has 0 atom stereocenters. The van der Waals surface area contributed by atoms with Gasteiger partial charge in [0.25, 0.3) is 0 Å². The van der Waals surface area contributed by atoms with E-state index in [0.29, 0.717) is 0 Å². The second-order valence-electron chi connectivity index (χ2n) is 8.75. The molecule has 7 aromatic rings. The predicted molar refractivity (Wildman–Crippen MR) is 146 cm³/mol. The van der Waals surface area contributed by atoms with Gasteiger partial charge in [-0.1, -0.05) is 34.9 Å².